The number of hydrogen-bond acceptors (Lipinski definition) is 5. The topological polar surface area (TPSA) is 80.6 Å². The summed E-state index contributed by atoms with van der Waals surface area (Å²) in [6, 6.07) is 18.5. The van der Waals surface area contributed by atoms with Gasteiger partial charge >= 0.3 is 0 Å². The summed E-state index contributed by atoms with van der Waals surface area (Å²) in [4.78, 5) is 12.9. The van der Waals surface area contributed by atoms with Gasteiger partial charge in [-0.25, -0.2) is 0 Å². The average molecular weight is 416 g/mol. The van der Waals surface area contributed by atoms with Crippen molar-refractivity contribution in [3.63, 3.8) is 0 Å². The molecule has 0 atom stereocenters. The normalized spacial score (nSPS) is 11.0. The molecule has 0 fully saturated rings. The first kappa shape index (κ1) is 21.7. The minimum atomic E-state index is -0.535. The minimum absolute atomic E-state index is 0.0545. The summed E-state index contributed by atoms with van der Waals surface area (Å²) in [6.07, 6.45) is 1.55. The van der Waals surface area contributed by atoms with Gasteiger partial charge in [-0.15, -0.1) is 0 Å². The van der Waals surface area contributed by atoms with E-state index in [-0.39, 0.29) is 5.57 Å². The highest BCUT2D eigenvalue weighted by Gasteiger charge is 2.15. The number of rotatable bonds is 8. The number of ether oxygens (including phenoxy) is 3. The van der Waals surface area contributed by atoms with Gasteiger partial charge in [-0.1, -0.05) is 24.3 Å². The van der Waals surface area contributed by atoms with Crippen LogP contribution in [0.3, 0.4) is 0 Å². The SMILES string of the molecule is CCOc1ccc2ccc(OCC)c(/C=C(/C#N)C(=O)Nc3ccccc3OC)c2c1. The number of nitriles is 1. The number of para-hydroxylation sites is 2. The number of hydrogen-bond donors (Lipinski definition) is 1. The number of methoxy groups -OCH3 is 1. The summed E-state index contributed by atoms with van der Waals surface area (Å²) >= 11 is 0. The van der Waals surface area contributed by atoms with E-state index in [1.807, 2.05) is 50.2 Å². The Bertz CT molecular complexity index is 1160. The maximum absolute atomic E-state index is 12.9. The predicted octanol–water partition coefficient (Wildman–Crippen LogP) is 5.19. The second-order valence-electron chi connectivity index (χ2n) is 6.55. The van der Waals surface area contributed by atoms with E-state index in [0.717, 1.165) is 10.8 Å². The van der Waals surface area contributed by atoms with Gasteiger partial charge in [0.15, 0.2) is 0 Å². The lowest BCUT2D eigenvalue weighted by Crippen LogP contribution is -2.14. The molecule has 1 N–H and O–H groups in total. The third kappa shape index (κ3) is 4.96. The quantitative estimate of drug-likeness (QED) is 0.404. The van der Waals surface area contributed by atoms with Crippen molar-refractivity contribution in [1.82, 2.24) is 0 Å². The Kier molecular flexibility index (Phi) is 7.13. The largest absolute Gasteiger partial charge is 0.495 e. The van der Waals surface area contributed by atoms with E-state index in [1.54, 1.807) is 30.3 Å². The third-order valence-electron chi connectivity index (χ3n) is 4.61. The lowest BCUT2D eigenvalue weighted by Gasteiger charge is -2.13. The first-order valence-corrected chi connectivity index (χ1v) is 9.99. The smallest absolute Gasteiger partial charge is 0.266 e. The average Bonchev–Trinajstić information content (AvgIpc) is 2.79. The summed E-state index contributed by atoms with van der Waals surface area (Å²) in [5.41, 5.74) is 1.08. The molecule has 0 radical (unpaired) electrons. The molecule has 0 aromatic heterocycles. The van der Waals surface area contributed by atoms with E-state index in [4.69, 9.17) is 14.2 Å². The standard InChI is InChI=1S/C25H24N2O4/c1-4-30-19-12-10-17-11-13-23(31-5-2)21(20(17)15-19)14-18(16-26)25(28)27-22-8-6-7-9-24(22)29-3/h6-15H,4-5H2,1-3H3,(H,27,28)/b18-14-. The molecule has 0 saturated carbocycles. The lowest BCUT2D eigenvalue weighted by molar-refractivity contribution is -0.112. The van der Waals surface area contributed by atoms with Crippen molar-refractivity contribution in [3.8, 4) is 23.3 Å². The maximum Gasteiger partial charge on any atom is 0.266 e. The van der Waals surface area contributed by atoms with Crippen molar-refractivity contribution < 1.29 is 19.0 Å². The number of carbonyl (C=O) groups is 1. The zero-order chi connectivity index (χ0) is 22.2. The van der Waals surface area contributed by atoms with Crippen LogP contribution >= 0.6 is 0 Å². The Labute approximate surface area is 181 Å². The minimum Gasteiger partial charge on any atom is -0.495 e. The molecule has 6 heteroatoms. The van der Waals surface area contributed by atoms with Crippen LogP contribution in [0.15, 0.2) is 60.2 Å². The number of amides is 1. The van der Waals surface area contributed by atoms with Crippen molar-refractivity contribution in [1.29, 1.82) is 5.26 Å². The molecule has 3 aromatic carbocycles. The highest BCUT2D eigenvalue weighted by Crippen LogP contribution is 2.33. The third-order valence-corrected chi connectivity index (χ3v) is 4.61. The van der Waals surface area contributed by atoms with Crippen LogP contribution in [0.2, 0.25) is 0 Å². The summed E-state index contributed by atoms with van der Waals surface area (Å²) < 4.78 is 16.7. The lowest BCUT2D eigenvalue weighted by atomic mass is 10.0. The Hall–Kier alpha value is -3.98. The summed E-state index contributed by atoms with van der Waals surface area (Å²) in [5.74, 6) is 1.26. The zero-order valence-corrected chi connectivity index (χ0v) is 17.8. The van der Waals surface area contributed by atoms with Crippen LogP contribution in [0.4, 0.5) is 5.69 Å². The molecule has 0 aliphatic carbocycles. The van der Waals surface area contributed by atoms with Crippen LogP contribution in [-0.2, 0) is 4.79 Å². The molecule has 0 saturated heterocycles. The van der Waals surface area contributed by atoms with Gasteiger partial charge in [0.2, 0.25) is 0 Å². The van der Waals surface area contributed by atoms with Gasteiger partial charge in [0, 0.05) is 5.56 Å². The summed E-state index contributed by atoms with van der Waals surface area (Å²) in [6.45, 7) is 4.78. The van der Waals surface area contributed by atoms with Crippen molar-refractivity contribution in [3.05, 3.63) is 65.7 Å². The fourth-order valence-electron chi connectivity index (χ4n) is 3.22. The number of carbonyl (C=O) groups excluding carboxylic acids is 1. The molecule has 31 heavy (non-hydrogen) atoms. The van der Waals surface area contributed by atoms with E-state index >= 15 is 0 Å². The van der Waals surface area contributed by atoms with Gasteiger partial charge in [0.25, 0.3) is 5.91 Å². The highest BCUT2D eigenvalue weighted by molar-refractivity contribution is 6.11. The number of nitrogens with zero attached hydrogens (tertiary/aromatic N) is 1. The molecule has 3 rings (SSSR count). The molecule has 0 unspecified atom stereocenters. The van der Waals surface area contributed by atoms with Crippen molar-refractivity contribution >= 4 is 28.4 Å². The number of benzene rings is 3. The Balaban J connectivity index is 2.08. The van der Waals surface area contributed by atoms with Crippen LogP contribution in [-0.4, -0.2) is 26.2 Å². The van der Waals surface area contributed by atoms with Gasteiger partial charge in [0.1, 0.15) is 28.9 Å². The first-order chi connectivity index (χ1) is 15.1. The molecule has 1 amide bonds. The van der Waals surface area contributed by atoms with Gasteiger partial charge in [-0.05, 0) is 61.0 Å². The Morgan fingerprint density at radius 3 is 2.48 bits per heavy atom. The van der Waals surface area contributed by atoms with Crippen LogP contribution in [0.1, 0.15) is 19.4 Å². The summed E-state index contributed by atoms with van der Waals surface area (Å²) in [5, 5.41) is 14.2. The second kappa shape index (κ2) is 10.2. The van der Waals surface area contributed by atoms with Crippen molar-refractivity contribution in [2.45, 2.75) is 13.8 Å². The number of fused-ring (bicyclic) bond motifs is 1. The predicted molar refractivity (Wildman–Crippen MR) is 121 cm³/mol. The van der Waals surface area contributed by atoms with Crippen molar-refractivity contribution in [2.75, 3.05) is 25.6 Å². The highest BCUT2D eigenvalue weighted by atomic mass is 16.5. The Morgan fingerprint density at radius 2 is 1.77 bits per heavy atom. The molecule has 158 valence electrons. The van der Waals surface area contributed by atoms with E-state index in [1.165, 1.54) is 7.11 Å². The second-order valence-corrected chi connectivity index (χ2v) is 6.55. The van der Waals surface area contributed by atoms with Crippen molar-refractivity contribution in [2.24, 2.45) is 0 Å². The van der Waals surface area contributed by atoms with E-state index in [0.29, 0.717) is 41.7 Å². The number of nitrogens with one attached hydrogen (secondary N) is 1. The fourth-order valence-corrected chi connectivity index (χ4v) is 3.22. The van der Waals surface area contributed by atoms with E-state index in [9.17, 15) is 10.1 Å². The van der Waals surface area contributed by atoms with Crippen LogP contribution in [0.5, 0.6) is 17.2 Å². The van der Waals surface area contributed by atoms with Gasteiger partial charge in [0.05, 0.1) is 26.0 Å². The van der Waals surface area contributed by atoms with Crippen LogP contribution in [0.25, 0.3) is 16.8 Å². The molecule has 3 aromatic rings. The molecular weight excluding hydrogens is 392 g/mol. The molecule has 6 nitrogen and oxygen atoms in total. The van der Waals surface area contributed by atoms with Crippen LogP contribution in [0, 0.1) is 11.3 Å². The van der Waals surface area contributed by atoms with Gasteiger partial charge < -0.3 is 19.5 Å². The van der Waals surface area contributed by atoms with E-state index in [2.05, 4.69) is 5.32 Å². The van der Waals surface area contributed by atoms with Gasteiger partial charge in [-0.2, -0.15) is 5.26 Å². The number of anilines is 1. The van der Waals surface area contributed by atoms with E-state index < -0.39 is 5.91 Å². The van der Waals surface area contributed by atoms with Crippen LogP contribution < -0.4 is 19.5 Å². The molecule has 0 heterocycles. The molecule has 0 aliphatic heterocycles. The molecule has 0 spiro atoms. The maximum atomic E-state index is 12.9. The molecule has 0 aliphatic rings. The first-order valence-electron chi connectivity index (χ1n) is 9.99. The van der Waals surface area contributed by atoms with Gasteiger partial charge in [-0.3, -0.25) is 4.79 Å². The zero-order valence-electron chi connectivity index (χ0n) is 17.8. The fraction of sp³-hybridized carbons (Fsp3) is 0.200. The monoisotopic (exact) mass is 416 g/mol. The molecule has 0 bridgehead atoms. The molecular formula is C25H24N2O4. The Morgan fingerprint density at radius 1 is 1.03 bits per heavy atom. The summed E-state index contributed by atoms with van der Waals surface area (Å²) in [7, 11) is 1.52.